The lowest BCUT2D eigenvalue weighted by Crippen LogP contribution is -2.38. The van der Waals surface area contributed by atoms with E-state index in [1.165, 1.54) is 0 Å². The summed E-state index contributed by atoms with van der Waals surface area (Å²) in [5.74, 6) is -0.660. The van der Waals surface area contributed by atoms with Crippen LogP contribution < -0.4 is 4.74 Å². The summed E-state index contributed by atoms with van der Waals surface area (Å²) < 4.78 is 10.9. The van der Waals surface area contributed by atoms with Crippen LogP contribution in [0.3, 0.4) is 0 Å². The lowest BCUT2D eigenvalue weighted by atomic mass is 9.95. The van der Waals surface area contributed by atoms with Crippen LogP contribution in [0.5, 0.6) is 5.75 Å². The van der Waals surface area contributed by atoms with E-state index in [1.54, 1.807) is 29.2 Å². The monoisotopic (exact) mass is 450 g/mol. The molecular formula is C26H30N2O5. The van der Waals surface area contributed by atoms with Crippen molar-refractivity contribution in [1.29, 1.82) is 0 Å². The van der Waals surface area contributed by atoms with Gasteiger partial charge in [0.1, 0.15) is 11.5 Å². The highest BCUT2D eigenvalue weighted by atomic mass is 16.5. The number of likely N-dealkylation sites (tertiary alicyclic amines) is 1. The van der Waals surface area contributed by atoms with Crippen LogP contribution in [-0.2, 0) is 14.3 Å². The first-order valence-corrected chi connectivity index (χ1v) is 11.5. The minimum absolute atomic E-state index is 0.127. The SMILES string of the molecule is CCOc1ccc([C@@H]2C(=C(O)c3ccccc3)C(=O)C(=O)N2CCCN2CCOCC2)cc1. The number of aliphatic hydroxyl groups is 1. The van der Waals surface area contributed by atoms with Crippen LogP contribution in [0.15, 0.2) is 60.2 Å². The van der Waals surface area contributed by atoms with Crippen LogP contribution in [0.25, 0.3) is 5.76 Å². The molecule has 0 saturated carbocycles. The number of aliphatic hydroxyl groups excluding tert-OH is 1. The normalized spacial score (nSPS) is 20.9. The highest BCUT2D eigenvalue weighted by Crippen LogP contribution is 2.39. The number of rotatable bonds is 8. The number of hydrogen-bond acceptors (Lipinski definition) is 6. The molecule has 2 heterocycles. The summed E-state index contributed by atoms with van der Waals surface area (Å²) in [5, 5.41) is 11.1. The Morgan fingerprint density at radius 3 is 2.39 bits per heavy atom. The van der Waals surface area contributed by atoms with Crippen molar-refractivity contribution in [2.24, 2.45) is 0 Å². The van der Waals surface area contributed by atoms with Gasteiger partial charge in [-0.3, -0.25) is 14.5 Å². The van der Waals surface area contributed by atoms with Crippen molar-refractivity contribution >= 4 is 17.4 Å². The summed E-state index contributed by atoms with van der Waals surface area (Å²) >= 11 is 0. The van der Waals surface area contributed by atoms with Gasteiger partial charge in [-0.05, 0) is 31.0 Å². The van der Waals surface area contributed by atoms with Crippen molar-refractivity contribution in [2.75, 3.05) is 46.0 Å². The molecule has 0 aromatic heterocycles. The van der Waals surface area contributed by atoms with Crippen molar-refractivity contribution in [1.82, 2.24) is 9.80 Å². The predicted octanol–water partition coefficient (Wildman–Crippen LogP) is 3.23. The summed E-state index contributed by atoms with van der Waals surface area (Å²) in [7, 11) is 0. The lowest BCUT2D eigenvalue weighted by Gasteiger charge is -2.29. The molecule has 2 aliphatic heterocycles. The molecule has 2 fully saturated rings. The Labute approximate surface area is 194 Å². The molecule has 1 atom stereocenters. The molecule has 1 N–H and O–H groups in total. The van der Waals surface area contributed by atoms with Gasteiger partial charge in [0, 0.05) is 31.7 Å². The van der Waals surface area contributed by atoms with Crippen LogP contribution in [0.2, 0.25) is 0 Å². The third kappa shape index (κ3) is 5.10. The van der Waals surface area contributed by atoms with Gasteiger partial charge < -0.3 is 19.5 Å². The molecule has 174 valence electrons. The molecular weight excluding hydrogens is 420 g/mol. The predicted molar refractivity (Wildman–Crippen MR) is 125 cm³/mol. The van der Waals surface area contributed by atoms with E-state index >= 15 is 0 Å². The fourth-order valence-corrected chi connectivity index (χ4v) is 4.41. The number of ether oxygens (including phenoxy) is 2. The molecule has 0 aliphatic carbocycles. The smallest absolute Gasteiger partial charge is 0.295 e. The highest BCUT2D eigenvalue weighted by Gasteiger charge is 2.45. The van der Waals surface area contributed by atoms with Gasteiger partial charge in [0.2, 0.25) is 0 Å². The second kappa shape index (κ2) is 10.6. The van der Waals surface area contributed by atoms with Crippen LogP contribution in [0.1, 0.15) is 30.5 Å². The van der Waals surface area contributed by atoms with Crippen molar-refractivity contribution in [3.8, 4) is 5.75 Å². The van der Waals surface area contributed by atoms with Crippen LogP contribution in [-0.4, -0.2) is 72.6 Å². The molecule has 7 heteroatoms. The van der Waals surface area contributed by atoms with Crippen LogP contribution in [0.4, 0.5) is 0 Å². The zero-order chi connectivity index (χ0) is 23.2. The van der Waals surface area contributed by atoms with Gasteiger partial charge >= 0.3 is 0 Å². The Morgan fingerprint density at radius 2 is 1.73 bits per heavy atom. The maximum absolute atomic E-state index is 13.1. The number of amides is 1. The Morgan fingerprint density at radius 1 is 1.03 bits per heavy atom. The van der Waals surface area contributed by atoms with Crippen LogP contribution >= 0.6 is 0 Å². The molecule has 2 aromatic carbocycles. The molecule has 1 amide bonds. The highest BCUT2D eigenvalue weighted by molar-refractivity contribution is 6.46. The second-order valence-corrected chi connectivity index (χ2v) is 8.17. The maximum Gasteiger partial charge on any atom is 0.295 e. The quantitative estimate of drug-likeness (QED) is 0.378. The van der Waals surface area contributed by atoms with E-state index in [0.29, 0.717) is 37.7 Å². The Balaban J connectivity index is 1.65. The fourth-order valence-electron chi connectivity index (χ4n) is 4.41. The summed E-state index contributed by atoms with van der Waals surface area (Å²) in [6.45, 7) is 6.88. The van der Waals surface area contributed by atoms with E-state index in [4.69, 9.17) is 9.47 Å². The number of benzene rings is 2. The zero-order valence-electron chi connectivity index (χ0n) is 18.9. The van der Waals surface area contributed by atoms with Gasteiger partial charge in [-0.1, -0.05) is 42.5 Å². The molecule has 7 nitrogen and oxygen atoms in total. The van der Waals surface area contributed by atoms with E-state index < -0.39 is 17.7 Å². The average molecular weight is 451 g/mol. The molecule has 2 aromatic rings. The summed E-state index contributed by atoms with van der Waals surface area (Å²) in [6.07, 6.45) is 0.728. The van der Waals surface area contributed by atoms with E-state index in [0.717, 1.165) is 31.6 Å². The first-order chi connectivity index (χ1) is 16.1. The van der Waals surface area contributed by atoms with Gasteiger partial charge in [-0.2, -0.15) is 0 Å². The van der Waals surface area contributed by atoms with Gasteiger partial charge in [0.05, 0.1) is 31.4 Å². The van der Waals surface area contributed by atoms with Gasteiger partial charge in [0.15, 0.2) is 0 Å². The number of ketones is 1. The first-order valence-electron chi connectivity index (χ1n) is 11.5. The zero-order valence-corrected chi connectivity index (χ0v) is 18.9. The molecule has 0 bridgehead atoms. The summed E-state index contributed by atoms with van der Waals surface area (Å²) in [4.78, 5) is 30.0. The first kappa shape index (κ1) is 23.0. The topological polar surface area (TPSA) is 79.3 Å². The minimum Gasteiger partial charge on any atom is -0.507 e. The molecule has 33 heavy (non-hydrogen) atoms. The van der Waals surface area contributed by atoms with Crippen molar-refractivity contribution < 1.29 is 24.2 Å². The van der Waals surface area contributed by atoms with Crippen molar-refractivity contribution in [2.45, 2.75) is 19.4 Å². The number of morpholine rings is 1. The Bertz CT molecular complexity index is 997. The Kier molecular flexibility index (Phi) is 7.42. The average Bonchev–Trinajstić information content (AvgIpc) is 3.10. The molecule has 2 saturated heterocycles. The third-order valence-corrected chi connectivity index (χ3v) is 6.07. The number of nitrogens with zero attached hydrogens (tertiary/aromatic N) is 2. The van der Waals surface area contributed by atoms with E-state index in [-0.39, 0.29) is 11.3 Å². The minimum atomic E-state index is -0.651. The third-order valence-electron chi connectivity index (χ3n) is 6.07. The maximum atomic E-state index is 13.1. The second-order valence-electron chi connectivity index (χ2n) is 8.17. The summed E-state index contributed by atoms with van der Waals surface area (Å²) in [6, 6.07) is 15.6. The lowest BCUT2D eigenvalue weighted by molar-refractivity contribution is -0.140. The van der Waals surface area contributed by atoms with E-state index in [1.807, 2.05) is 37.3 Å². The molecule has 0 unspecified atom stereocenters. The van der Waals surface area contributed by atoms with Crippen LogP contribution in [0, 0.1) is 0 Å². The Hall–Kier alpha value is -3.16. The standard InChI is InChI=1S/C26H30N2O5/c1-2-33-21-11-9-19(10-12-21)23-22(24(29)20-7-4-3-5-8-20)25(30)26(31)28(23)14-6-13-27-15-17-32-18-16-27/h3-5,7-12,23,29H,2,6,13-18H2,1H3/t23-/m1/s1. The number of carbonyl (C=O) groups excluding carboxylic acids is 2. The molecule has 4 rings (SSSR count). The van der Waals surface area contributed by atoms with Crippen molar-refractivity contribution in [3.63, 3.8) is 0 Å². The molecule has 0 spiro atoms. The van der Waals surface area contributed by atoms with Crippen molar-refractivity contribution in [3.05, 3.63) is 71.3 Å². The summed E-state index contributed by atoms with van der Waals surface area (Å²) in [5.41, 5.74) is 1.41. The fraction of sp³-hybridized carbons (Fsp3) is 0.385. The number of carbonyl (C=O) groups is 2. The number of hydrogen-bond donors (Lipinski definition) is 1. The van der Waals surface area contributed by atoms with Gasteiger partial charge in [-0.25, -0.2) is 0 Å². The molecule has 0 radical (unpaired) electrons. The van der Waals surface area contributed by atoms with E-state index in [9.17, 15) is 14.7 Å². The number of Topliss-reactive ketones (excluding diaryl/α,β-unsaturated/α-hetero) is 1. The largest absolute Gasteiger partial charge is 0.507 e. The van der Waals surface area contributed by atoms with Gasteiger partial charge in [0.25, 0.3) is 11.7 Å². The molecule has 2 aliphatic rings. The van der Waals surface area contributed by atoms with E-state index in [2.05, 4.69) is 4.90 Å². The van der Waals surface area contributed by atoms with Gasteiger partial charge in [-0.15, -0.1) is 0 Å².